The number of aliphatic hydroxyl groups is 1. The first-order valence-electron chi connectivity index (χ1n) is 12.7. The molecule has 6 nitrogen and oxygen atoms in total. The number of aliphatic imine (C=N–C) groups is 1. The molecule has 6 bridgehead atoms. The van der Waals surface area contributed by atoms with Crippen molar-refractivity contribution in [2.45, 2.75) is 25.4 Å². The molecule has 0 saturated heterocycles. The van der Waals surface area contributed by atoms with Gasteiger partial charge >= 0.3 is 0 Å². The Balaban J connectivity index is 1.69. The second-order valence-electron chi connectivity index (χ2n) is 9.91. The molecule has 2 unspecified atom stereocenters. The molecule has 4 aromatic rings. The Labute approximate surface area is 221 Å². The van der Waals surface area contributed by atoms with Crippen molar-refractivity contribution in [3.8, 4) is 28.8 Å². The van der Waals surface area contributed by atoms with Gasteiger partial charge in [0.2, 0.25) is 5.88 Å². The first-order valence-corrected chi connectivity index (χ1v) is 12.7. The number of fused-ring (bicyclic) bond motifs is 6. The zero-order valence-corrected chi connectivity index (χ0v) is 21.3. The van der Waals surface area contributed by atoms with Crippen LogP contribution in [-0.2, 0) is 12.0 Å². The highest BCUT2D eigenvalue weighted by atomic mass is 16.5. The third-order valence-corrected chi connectivity index (χ3v) is 7.40. The fraction of sp³-hybridized carbons (Fsp3) is 0.219. The monoisotopic (exact) mass is 501 g/mol. The van der Waals surface area contributed by atoms with E-state index in [2.05, 4.69) is 36.2 Å². The molecule has 0 saturated carbocycles. The van der Waals surface area contributed by atoms with E-state index in [-0.39, 0.29) is 5.92 Å². The minimum absolute atomic E-state index is 0.172. The molecule has 1 N–H and O–H groups in total. The van der Waals surface area contributed by atoms with E-state index in [0.717, 1.165) is 33.2 Å². The zero-order chi connectivity index (χ0) is 26.3. The van der Waals surface area contributed by atoms with E-state index in [4.69, 9.17) is 14.5 Å². The van der Waals surface area contributed by atoms with Crippen LogP contribution in [0.4, 0.5) is 0 Å². The standard InChI is InChI=1S/C32H27N3O3/c1-20-12-26(19-34-18-20)32(36)24-8-9-29-28(14-24)27(16-31(35-29)37-2)22-5-3-4-21(13-22)10-11-38-30-15-25(32)7-6-23(30)17-33/h3-9,13-16,18-20,36H,10-12H2,1-2H3. The Kier molecular flexibility index (Phi) is 5.94. The Hall–Kier alpha value is -4.47. The van der Waals surface area contributed by atoms with E-state index in [1.807, 2.05) is 36.5 Å². The summed E-state index contributed by atoms with van der Waals surface area (Å²) < 4.78 is 11.7. The molecule has 0 aliphatic carbocycles. The molecular formula is C32H27N3O3. The lowest BCUT2D eigenvalue weighted by Crippen LogP contribution is -2.32. The molecule has 3 heterocycles. The summed E-state index contributed by atoms with van der Waals surface area (Å²) in [6, 6.07) is 23.6. The summed E-state index contributed by atoms with van der Waals surface area (Å²) >= 11 is 0. The molecule has 1 aromatic heterocycles. The lowest BCUT2D eigenvalue weighted by molar-refractivity contribution is 0.114. The van der Waals surface area contributed by atoms with Crippen LogP contribution in [0.5, 0.6) is 11.6 Å². The fourth-order valence-electron chi connectivity index (χ4n) is 5.41. The van der Waals surface area contributed by atoms with Crippen LogP contribution in [0.2, 0.25) is 0 Å². The molecule has 6 rings (SSSR count). The number of nitrogens with zero attached hydrogens (tertiary/aromatic N) is 3. The first kappa shape index (κ1) is 23.9. The van der Waals surface area contributed by atoms with Gasteiger partial charge in [-0.2, -0.15) is 5.26 Å². The molecular weight excluding hydrogens is 474 g/mol. The van der Waals surface area contributed by atoms with Crippen LogP contribution in [0.25, 0.3) is 22.0 Å². The van der Waals surface area contributed by atoms with Gasteiger partial charge in [-0.25, -0.2) is 4.98 Å². The van der Waals surface area contributed by atoms with E-state index >= 15 is 0 Å². The zero-order valence-electron chi connectivity index (χ0n) is 21.3. The predicted octanol–water partition coefficient (Wildman–Crippen LogP) is 5.95. The van der Waals surface area contributed by atoms with Crippen LogP contribution in [-0.4, -0.2) is 30.0 Å². The summed E-state index contributed by atoms with van der Waals surface area (Å²) in [6.07, 6.45) is 4.95. The molecule has 0 spiro atoms. The largest absolute Gasteiger partial charge is 0.492 e. The van der Waals surface area contributed by atoms with Crippen molar-refractivity contribution < 1.29 is 14.6 Å². The van der Waals surface area contributed by atoms with Gasteiger partial charge in [-0.15, -0.1) is 0 Å². The Morgan fingerprint density at radius 1 is 1.08 bits per heavy atom. The highest BCUT2D eigenvalue weighted by Gasteiger charge is 2.38. The molecule has 0 radical (unpaired) electrons. The number of rotatable bonds is 2. The fourth-order valence-corrected chi connectivity index (χ4v) is 5.41. The summed E-state index contributed by atoms with van der Waals surface area (Å²) in [4.78, 5) is 9.14. The maximum absolute atomic E-state index is 12.7. The molecule has 6 heteroatoms. The van der Waals surface area contributed by atoms with Crippen molar-refractivity contribution >= 4 is 17.1 Å². The number of hydrogen-bond acceptors (Lipinski definition) is 6. The van der Waals surface area contributed by atoms with E-state index in [0.29, 0.717) is 47.8 Å². The molecule has 0 amide bonds. The lowest BCUT2D eigenvalue weighted by atomic mass is 9.76. The maximum Gasteiger partial charge on any atom is 0.214 e. The topological polar surface area (TPSA) is 87.7 Å². The van der Waals surface area contributed by atoms with Gasteiger partial charge in [0, 0.05) is 30.3 Å². The third-order valence-electron chi connectivity index (χ3n) is 7.40. The molecule has 2 aliphatic rings. The number of pyridine rings is 1. The van der Waals surface area contributed by atoms with Crippen LogP contribution in [0.1, 0.15) is 35.6 Å². The van der Waals surface area contributed by atoms with Gasteiger partial charge in [0.25, 0.3) is 0 Å². The highest BCUT2D eigenvalue weighted by molar-refractivity contribution is 5.96. The SMILES string of the molecule is COc1cc2c3cc(ccc3n1)C(O)(C1=CN=CC(C)C1)c1ccc(C#N)c(c1)OCCc1cccc-2c1. The third kappa shape index (κ3) is 4.02. The minimum Gasteiger partial charge on any atom is -0.492 e. The average Bonchev–Trinajstić information content (AvgIpc) is 2.95. The van der Waals surface area contributed by atoms with E-state index in [1.165, 1.54) is 0 Å². The molecule has 188 valence electrons. The minimum atomic E-state index is -1.49. The molecule has 38 heavy (non-hydrogen) atoms. The van der Waals surface area contributed by atoms with Crippen molar-refractivity contribution in [1.29, 1.82) is 5.26 Å². The summed E-state index contributed by atoms with van der Waals surface area (Å²) in [5, 5.41) is 23.3. The number of hydrogen-bond donors (Lipinski definition) is 1. The van der Waals surface area contributed by atoms with Crippen molar-refractivity contribution in [3.63, 3.8) is 0 Å². The second kappa shape index (κ2) is 9.44. The van der Waals surface area contributed by atoms with Gasteiger partial charge < -0.3 is 14.6 Å². The van der Waals surface area contributed by atoms with Crippen molar-refractivity contribution in [2.75, 3.05) is 13.7 Å². The van der Waals surface area contributed by atoms with Crippen molar-refractivity contribution in [3.05, 3.63) is 101 Å². The van der Waals surface area contributed by atoms with Crippen molar-refractivity contribution in [1.82, 2.24) is 4.98 Å². The number of ether oxygens (including phenoxy) is 2. The summed E-state index contributed by atoms with van der Waals surface area (Å²) in [5.74, 6) is 1.16. The first-order chi connectivity index (χ1) is 18.5. The van der Waals surface area contributed by atoms with Crippen molar-refractivity contribution in [2.24, 2.45) is 10.9 Å². The Bertz CT molecular complexity index is 1670. The maximum atomic E-state index is 12.7. The number of nitriles is 1. The van der Waals surface area contributed by atoms with Gasteiger partial charge in [0.1, 0.15) is 17.4 Å². The average molecular weight is 502 g/mol. The van der Waals surface area contributed by atoms with Gasteiger partial charge in [-0.1, -0.05) is 43.3 Å². The van der Waals surface area contributed by atoms with Crippen LogP contribution in [0.3, 0.4) is 0 Å². The molecule has 2 aliphatic heterocycles. The Morgan fingerprint density at radius 2 is 1.92 bits per heavy atom. The lowest BCUT2D eigenvalue weighted by Gasteiger charge is -2.34. The smallest absolute Gasteiger partial charge is 0.214 e. The van der Waals surface area contributed by atoms with Crippen LogP contribution < -0.4 is 9.47 Å². The number of methoxy groups -OCH3 is 1. The summed E-state index contributed by atoms with van der Waals surface area (Å²) in [6.45, 7) is 2.47. The van der Waals surface area contributed by atoms with E-state index in [1.54, 1.807) is 31.5 Å². The normalized spacial score (nSPS) is 20.3. The number of aromatic nitrogens is 1. The highest BCUT2D eigenvalue weighted by Crippen LogP contribution is 2.44. The van der Waals surface area contributed by atoms with Gasteiger partial charge in [0.05, 0.1) is 24.8 Å². The van der Waals surface area contributed by atoms with Crippen LogP contribution in [0, 0.1) is 17.2 Å². The Morgan fingerprint density at radius 3 is 2.74 bits per heavy atom. The number of benzene rings is 3. The van der Waals surface area contributed by atoms with E-state index < -0.39 is 5.60 Å². The summed E-state index contributed by atoms with van der Waals surface area (Å²) in [5.41, 5.74) is 4.92. The second-order valence-corrected chi connectivity index (χ2v) is 9.91. The van der Waals surface area contributed by atoms with Crippen LogP contribution in [0.15, 0.2) is 83.5 Å². The van der Waals surface area contributed by atoms with Crippen LogP contribution >= 0.6 is 0 Å². The van der Waals surface area contributed by atoms with Gasteiger partial charge in [-0.05, 0) is 70.0 Å². The van der Waals surface area contributed by atoms with Gasteiger partial charge in [-0.3, -0.25) is 4.99 Å². The van der Waals surface area contributed by atoms with Gasteiger partial charge in [0.15, 0.2) is 0 Å². The summed E-state index contributed by atoms with van der Waals surface area (Å²) in [7, 11) is 1.62. The predicted molar refractivity (Wildman–Crippen MR) is 147 cm³/mol. The quantitative estimate of drug-likeness (QED) is 0.367. The van der Waals surface area contributed by atoms with E-state index in [9.17, 15) is 10.4 Å². The molecule has 2 atom stereocenters. The molecule has 3 aromatic carbocycles. The molecule has 0 fully saturated rings.